The lowest BCUT2D eigenvalue weighted by atomic mass is 10.2. The lowest BCUT2D eigenvalue weighted by Gasteiger charge is -2.26. The summed E-state index contributed by atoms with van der Waals surface area (Å²) in [4.78, 5) is 24.0. The Morgan fingerprint density at radius 3 is 2.55 bits per heavy atom. The van der Waals surface area contributed by atoms with Gasteiger partial charge in [-0.25, -0.2) is 13.2 Å². The lowest BCUT2D eigenvalue weighted by molar-refractivity contribution is -0.138. The Morgan fingerprint density at radius 1 is 1.35 bits per heavy atom. The molecule has 1 aliphatic rings. The van der Waals surface area contributed by atoms with Gasteiger partial charge in [-0.05, 0) is 12.8 Å². The van der Waals surface area contributed by atoms with E-state index in [9.17, 15) is 18.0 Å². The van der Waals surface area contributed by atoms with Crippen molar-refractivity contribution < 1.29 is 23.1 Å². The van der Waals surface area contributed by atoms with Crippen LogP contribution in [0.25, 0.3) is 0 Å². The largest absolute Gasteiger partial charge is 0.480 e. The molecule has 0 spiro atoms. The molecule has 1 heterocycles. The van der Waals surface area contributed by atoms with E-state index in [1.807, 2.05) is 6.92 Å². The molecule has 2 N–H and O–H groups in total. The predicted octanol–water partition coefficient (Wildman–Crippen LogP) is 0.460. The Labute approximate surface area is 119 Å². The Kier molecular flexibility index (Phi) is 6.25. The maximum atomic E-state index is 12.0. The van der Waals surface area contributed by atoms with Gasteiger partial charge in [0.1, 0.15) is 6.54 Å². The van der Waals surface area contributed by atoms with Crippen molar-refractivity contribution in [3.8, 4) is 0 Å². The van der Waals surface area contributed by atoms with Gasteiger partial charge in [0, 0.05) is 12.6 Å². The molecule has 8 heteroatoms. The summed E-state index contributed by atoms with van der Waals surface area (Å²) in [5, 5.41) is 11.5. The van der Waals surface area contributed by atoms with Crippen molar-refractivity contribution in [2.24, 2.45) is 0 Å². The van der Waals surface area contributed by atoms with Crippen LogP contribution in [0.5, 0.6) is 0 Å². The number of nitrogens with one attached hydrogen (secondary N) is 1. The van der Waals surface area contributed by atoms with Gasteiger partial charge in [0.05, 0.1) is 11.5 Å². The van der Waals surface area contributed by atoms with E-state index in [1.54, 1.807) is 0 Å². The lowest BCUT2D eigenvalue weighted by Crippen LogP contribution is -2.49. The topological polar surface area (TPSA) is 104 Å². The summed E-state index contributed by atoms with van der Waals surface area (Å²) in [6, 6.07) is -1.03. The zero-order valence-electron chi connectivity index (χ0n) is 11.7. The third-order valence-electron chi connectivity index (χ3n) is 3.27. The van der Waals surface area contributed by atoms with Crippen molar-refractivity contribution in [1.29, 1.82) is 0 Å². The van der Waals surface area contributed by atoms with Gasteiger partial charge in [-0.2, -0.15) is 0 Å². The van der Waals surface area contributed by atoms with Gasteiger partial charge in [0.25, 0.3) is 0 Å². The summed E-state index contributed by atoms with van der Waals surface area (Å²) >= 11 is 0. The fraction of sp³-hybridized carbons (Fsp3) is 0.833. The summed E-state index contributed by atoms with van der Waals surface area (Å²) in [5.41, 5.74) is 0. The van der Waals surface area contributed by atoms with Crippen LogP contribution in [-0.4, -0.2) is 61.1 Å². The van der Waals surface area contributed by atoms with Crippen molar-refractivity contribution in [2.45, 2.75) is 38.6 Å². The normalized spacial score (nSPS) is 20.6. The smallest absolute Gasteiger partial charge is 0.323 e. The average Bonchev–Trinajstić information content (AvgIpc) is 2.71. The molecular formula is C12H22N2O5S. The molecule has 0 aliphatic carbocycles. The Bertz CT molecular complexity index is 449. The number of hydrogen-bond donors (Lipinski definition) is 2. The first kappa shape index (κ1) is 16.7. The van der Waals surface area contributed by atoms with Gasteiger partial charge < -0.3 is 15.3 Å². The van der Waals surface area contributed by atoms with Crippen LogP contribution >= 0.6 is 0 Å². The van der Waals surface area contributed by atoms with Crippen LogP contribution in [0.15, 0.2) is 0 Å². The van der Waals surface area contributed by atoms with E-state index in [2.05, 4.69) is 5.32 Å². The minimum Gasteiger partial charge on any atom is -0.480 e. The number of carbonyl (C=O) groups is 2. The number of aliphatic carboxylic acids is 1. The molecule has 1 aliphatic heterocycles. The average molecular weight is 306 g/mol. The molecule has 1 saturated heterocycles. The molecule has 20 heavy (non-hydrogen) atoms. The van der Waals surface area contributed by atoms with Crippen LogP contribution in [0.1, 0.15) is 32.6 Å². The molecule has 1 unspecified atom stereocenters. The van der Waals surface area contributed by atoms with Gasteiger partial charge >= 0.3 is 12.0 Å². The number of carboxylic acids is 1. The number of unbranched alkanes of at least 4 members (excludes halogenated alkanes) is 2. The second-order valence-corrected chi connectivity index (χ2v) is 7.25. The van der Waals surface area contributed by atoms with Crippen molar-refractivity contribution in [1.82, 2.24) is 10.2 Å². The van der Waals surface area contributed by atoms with E-state index in [0.717, 1.165) is 24.2 Å². The highest BCUT2D eigenvalue weighted by atomic mass is 32.2. The first-order valence-electron chi connectivity index (χ1n) is 6.82. The predicted molar refractivity (Wildman–Crippen MR) is 74.3 cm³/mol. The molecule has 1 rings (SSSR count). The third kappa shape index (κ3) is 5.36. The maximum absolute atomic E-state index is 12.0. The van der Waals surface area contributed by atoms with E-state index >= 15 is 0 Å². The van der Waals surface area contributed by atoms with Gasteiger partial charge in [-0.15, -0.1) is 0 Å². The van der Waals surface area contributed by atoms with Gasteiger partial charge in [-0.1, -0.05) is 19.8 Å². The van der Waals surface area contributed by atoms with Gasteiger partial charge in [0.2, 0.25) is 0 Å². The Morgan fingerprint density at radius 2 is 2.05 bits per heavy atom. The first-order chi connectivity index (χ1) is 9.35. The number of sulfone groups is 1. The van der Waals surface area contributed by atoms with Crippen molar-refractivity contribution in [2.75, 3.05) is 24.6 Å². The third-order valence-corrected chi connectivity index (χ3v) is 5.02. The number of carboxylic acid groups (broad SMARTS) is 1. The Balaban J connectivity index is 2.60. The van der Waals surface area contributed by atoms with Crippen LogP contribution in [-0.2, 0) is 14.6 Å². The van der Waals surface area contributed by atoms with E-state index in [1.165, 1.54) is 0 Å². The van der Waals surface area contributed by atoms with Crippen LogP contribution < -0.4 is 5.32 Å². The SMILES string of the molecule is CCCCCNC(=O)N(CC(=O)O)C1CCS(=O)(=O)C1. The molecule has 0 aromatic carbocycles. The zero-order valence-corrected chi connectivity index (χ0v) is 12.5. The second-order valence-electron chi connectivity index (χ2n) is 5.02. The summed E-state index contributed by atoms with van der Waals surface area (Å²) < 4.78 is 22.9. The van der Waals surface area contributed by atoms with E-state index in [4.69, 9.17) is 5.11 Å². The van der Waals surface area contributed by atoms with Crippen LogP contribution in [0, 0.1) is 0 Å². The molecule has 0 saturated carbocycles. The van der Waals surface area contributed by atoms with E-state index in [0.29, 0.717) is 13.0 Å². The van der Waals surface area contributed by atoms with Gasteiger partial charge in [0.15, 0.2) is 9.84 Å². The Hall–Kier alpha value is -1.31. The standard InChI is InChI=1S/C12H22N2O5S/c1-2-3-4-6-13-12(17)14(8-11(15)16)10-5-7-20(18,19)9-10/h10H,2-9H2,1H3,(H,13,17)(H,15,16). The highest BCUT2D eigenvalue weighted by Gasteiger charge is 2.35. The summed E-state index contributed by atoms with van der Waals surface area (Å²) in [6.45, 7) is 2.05. The number of urea groups is 1. The molecular weight excluding hydrogens is 284 g/mol. The molecule has 0 bridgehead atoms. The van der Waals surface area contributed by atoms with E-state index in [-0.39, 0.29) is 11.5 Å². The maximum Gasteiger partial charge on any atom is 0.323 e. The minimum atomic E-state index is -3.15. The fourth-order valence-electron chi connectivity index (χ4n) is 2.21. The quantitative estimate of drug-likeness (QED) is 0.665. The van der Waals surface area contributed by atoms with Crippen LogP contribution in [0.3, 0.4) is 0 Å². The molecule has 0 aromatic rings. The molecule has 0 aromatic heterocycles. The number of carbonyl (C=O) groups excluding carboxylic acids is 1. The van der Waals surface area contributed by atoms with Crippen molar-refractivity contribution in [3.05, 3.63) is 0 Å². The number of amides is 2. The highest BCUT2D eigenvalue weighted by molar-refractivity contribution is 7.91. The van der Waals surface area contributed by atoms with Crippen molar-refractivity contribution >= 4 is 21.8 Å². The highest BCUT2D eigenvalue weighted by Crippen LogP contribution is 2.17. The number of rotatable bonds is 7. The molecule has 0 radical (unpaired) electrons. The molecule has 2 amide bonds. The summed E-state index contributed by atoms with van der Waals surface area (Å²) in [5.74, 6) is -1.28. The number of hydrogen-bond acceptors (Lipinski definition) is 4. The fourth-order valence-corrected chi connectivity index (χ4v) is 3.94. The minimum absolute atomic E-state index is 0.0108. The van der Waals surface area contributed by atoms with Gasteiger partial charge in [-0.3, -0.25) is 4.79 Å². The molecule has 7 nitrogen and oxygen atoms in total. The first-order valence-corrected chi connectivity index (χ1v) is 8.64. The number of nitrogens with zero attached hydrogens (tertiary/aromatic N) is 1. The molecule has 116 valence electrons. The van der Waals surface area contributed by atoms with Crippen molar-refractivity contribution in [3.63, 3.8) is 0 Å². The molecule has 1 atom stereocenters. The molecule has 1 fully saturated rings. The van der Waals surface area contributed by atoms with Crippen LogP contribution in [0.4, 0.5) is 4.79 Å². The van der Waals surface area contributed by atoms with Crippen LogP contribution in [0.2, 0.25) is 0 Å². The zero-order chi connectivity index (χ0) is 15.2. The van der Waals surface area contributed by atoms with E-state index < -0.39 is 34.4 Å². The second kappa shape index (κ2) is 7.47. The summed E-state index contributed by atoms with van der Waals surface area (Å²) in [6.07, 6.45) is 3.14. The summed E-state index contributed by atoms with van der Waals surface area (Å²) in [7, 11) is -3.15. The monoisotopic (exact) mass is 306 g/mol.